The minimum Gasteiger partial charge on any atom is -0.481 e. The maximum Gasteiger partial charge on any atom is 0.311 e. The van der Waals surface area contributed by atoms with Crippen molar-refractivity contribution in [2.45, 2.75) is 32.7 Å². The van der Waals surface area contributed by atoms with Crippen molar-refractivity contribution in [3.8, 4) is 0 Å². The maximum atomic E-state index is 11.4. The van der Waals surface area contributed by atoms with Gasteiger partial charge in [0.25, 0.3) is 0 Å². The van der Waals surface area contributed by atoms with Crippen molar-refractivity contribution in [2.24, 2.45) is 11.1 Å². The molecule has 0 heterocycles. The Hall–Kier alpha value is -1.36. The molecule has 1 amide bonds. The predicted molar refractivity (Wildman–Crippen MR) is 61.8 cm³/mol. The molecular weight excluding hydrogens is 208 g/mol. The zero-order chi connectivity index (χ0) is 12.8. The highest BCUT2D eigenvalue weighted by molar-refractivity contribution is 5.82. The zero-order valence-corrected chi connectivity index (χ0v) is 9.82. The van der Waals surface area contributed by atoms with Crippen LogP contribution in [0.5, 0.6) is 0 Å². The second-order valence-corrected chi connectivity index (χ2v) is 4.07. The van der Waals surface area contributed by atoms with Gasteiger partial charge in [-0.2, -0.15) is 0 Å². The first-order chi connectivity index (χ1) is 7.37. The standard InChI is InChI=1S/C11H20N2O3/c1-4-6-8(12)9(14)13-7-11(3,5-2)10(15)16/h4,8H,1,5-7,12H2,2-3H3,(H,13,14)(H,15,16). The Morgan fingerprint density at radius 2 is 2.19 bits per heavy atom. The number of nitrogens with two attached hydrogens (primary N) is 1. The summed E-state index contributed by atoms with van der Waals surface area (Å²) in [6.45, 7) is 6.93. The molecule has 0 aromatic rings. The van der Waals surface area contributed by atoms with Gasteiger partial charge in [0.2, 0.25) is 5.91 Å². The summed E-state index contributed by atoms with van der Waals surface area (Å²) in [6.07, 6.45) is 2.38. The van der Waals surface area contributed by atoms with Gasteiger partial charge in [-0.15, -0.1) is 6.58 Å². The van der Waals surface area contributed by atoms with Crippen molar-refractivity contribution in [3.05, 3.63) is 12.7 Å². The number of hydrogen-bond donors (Lipinski definition) is 3. The first kappa shape index (κ1) is 14.6. The monoisotopic (exact) mass is 228 g/mol. The third-order valence-corrected chi connectivity index (χ3v) is 2.71. The van der Waals surface area contributed by atoms with Crippen molar-refractivity contribution in [3.63, 3.8) is 0 Å². The van der Waals surface area contributed by atoms with E-state index in [1.807, 2.05) is 0 Å². The number of carboxylic acids is 1. The Morgan fingerprint density at radius 3 is 2.56 bits per heavy atom. The molecule has 0 rings (SSSR count). The summed E-state index contributed by atoms with van der Waals surface area (Å²) in [5.74, 6) is -1.27. The fourth-order valence-electron chi connectivity index (χ4n) is 1.05. The van der Waals surface area contributed by atoms with Gasteiger partial charge < -0.3 is 16.2 Å². The van der Waals surface area contributed by atoms with Crippen LogP contribution in [-0.2, 0) is 9.59 Å². The van der Waals surface area contributed by atoms with E-state index < -0.39 is 17.4 Å². The molecule has 0 aromatic heterocycles. The molecule has 0 spiro atoms. The summed E-state index contributed by atoms with van der Waals surface area (Å²) < 4.78 is 0. The Bertz CT molecular complexity index is 278. The summed E-state index contributed by atoms with van der Waals surface area (Å²) >= 11 is 0. The number of hydrogen-bond acceptors (Lipinski definition) is 3. The highest BCUT2D eigenvalue weighted by Gasteiger charge is 2.31. The second-order valence-electron chi connectivity index (χ2n) is 4.07. The third-order valence-electron chi connectivity index (χ3n) is 2.71. The third kappa shape index (κ3) is 4.02. The molecule has 4 N–H and O–H groups in total. The number of carboxylic acid groups (broad SMARTS) is 1. The minimum absolute atomic E-state index is 0.0858. The van der Waals surface area contributed by atoms with Gasteiger partial charge in [0.05, 0.1) is 11.5 Å². The zero-order valence-electron chi connectivity index (χ0n) is 9.82. The first-order valence-electron chi connectivity index (χ1n) is 5.25. The predicted octanol–water partition coefficient (Wildman–Crippen LogP) is 0.507. The van der Waals surface area contributed by atoms with Gasteiger partial charge in [-0.25, -0.2) is 0 Å². The molecule has 0 saturated carbocycles. The molecule has 5 heteroatoms. The highest BCUT2D eigenvalue weighted by atomic mass is 16.4. The van der Waals surface area contributed by atoms with Crippen LogP contribution in [0.25, 0.3) is 0 Å². The average Bonchev–Trinajstić information content (AvgIpc) is 2.25. The molecule has 0 aromatic carbocycles. The van der Waals surface area contributed by atoms with Crippen LogP contribution in [0.2, 0.25) is 0 Å². The van der Waals surface area contributed by atoms with E-state index in [9.17, 15) is 9.59 Å². The topological polar surface area (TPSA) is 92.4 Å². The molecule has 0 bridgehead atoms. The van der Waals surface area contributed by atoms with Crippen LogP contribution < -0.4 is 11.1 Å². The SMILES string of the molecule is C=CCC(N)C(=O)NCC(C)(CC)C(=O)O. The Balaban J connectivity index is 4.27. The summed E-state index contributed by atoms with van der Waals surface area (Å²) in [4.78, 5) is 22.4. The van der Waals surface area contributed by atoms with Crippen LogP contribution >= 0.6 is 0 Å². The molecular formula is C11H20N2O3. The van der Waals surface area contributed by atoms with E-state index in [0.717, 1.165) is 0 Å². The molecule has 0 aliphatic rings. The van der Waals surface area contributed by atoms with Crippen molar-refractivity contribution in [1.82, 2.24) is 5.32 Å². The molecule has 2 unspecified atom stereocenters. The lowest BCUT2D eigenvalue weighted by Crippen LogP contribution is -2.46. The van der Waals surface area contributed by atoms with Crippen LogP contribution in [0.4, 0.5) is 0 Å². The van der Waals surface area contributed by atoms with Crippen LogP contribution in [-0.4, -0.2) is 29.6 Å². The van der Waals surface area contributed by atoms with Gasteiger partial charge in [0, 0.05) is 6.54 Å². The molecule has 0 saturated heterocycles. The molecule has 0 radical (unpaired) electrons. The molecule has 2 atom stereocenters. The lowest BCUT2D eigenvalue weighted by Gasteiger charge is -2.24. The van der Waals surface area contributed by atoms with E-state index in [4.69, 9.17) is 10.8 Å². The number of carbonyl (C=O) groups excluding carboxylic acids is 1. The van der Waals surface area contributed by atoms with E-state index in [0.29, 0.717) is 12.8 Å². The fraction of sp³-hybridized carbons (Fsp3) is 0.636. The largest absolute Gasteiger partial charge is 0.481 e. The van der Waals surface area contributed by atoms with Gasteiger partial charge in [-0.3, -0.25) is 9.59 Å². The van der Waals surface area contributed by atoms with E-state index in [-0.39, 0.29) is 12.5 Å². The quantitative estimate of drug-likeness (QED) is 0.553. The Labute approximate surface area is 95.7 Å². The van der Waals surface area contributed by atoms with Gasteiger partial charge >= 0.3 is 5.97 Å². The number of amides is 1. The number of nitrogens with one attached hydrogen (secondary N) is 1. The van der Waals surface area contributed by atoms with Gasteiger partial charge in [-0.05, 0) is 19.8 Å². The fourth-order valence-corrected chi connectivity index (χ4v) is 1.05. The smallest absolute Gasteiger partial charge is 0.311 e. The van der Waals surface area contributed by atoms with Crippen LogP contribution in [0.15, 0.2) is 12.7 Å². The van der Waals surface area contributed by atoms with Crippen molar-refractivity contribution in [1.29, 1.82) is 0 Å². The van der Waals surface area contributed by atoms with E-state index in [1.165, 1.54) is 0 Å². The molecule has 0 aliphatic heterocycles. The van der Waals surface area contributed by atoms with Crippen LogP contribution in [0.3, 0.4) is 0 Å². The summed E-state index contributed by atoms with van der Waals surface area (Å²) in [5.41, 5.74) is 4.60. The summed E-state index contributed by atoms with van der Waals surface area (Å²) in [5, 5.41) is 11.5. The lowest BCUT2D eigenvalue weighted by atomic mass is 9.87. The van der Waals surface area contributed by atoms with E-state index in [1.54, 1.807) is 19.9 Å². The number of carbonyl (C=O) groups is 2. The maximum absolute atomic E-state index is 11.4. The second kappa shape index (κ2) is 6.27. The molecule has 5 nitrogen and oxygen atoms in total. The Kier molecular flexibility index (Phi) is 5.74. The normalized spacial score (nSPS) is 15.9. The molecule has 0 fully saturated rings. The molecule has 92 valence electrons. The van der Waals surface area contributed by atoms with Gasteiger partial charge in [0.1, 0.15) is 0 Å². The van der Waals surface area contributed by atoms with Crippen molar-refractivity contribution < 1.29 is 14.7 Å². The lowest BCUT2D eigenvalue weighted by molar-refractivity contribution is -0.148. The Morgan fingerprint density at radius 1 is 1.62 bits per heavy atom. The highest BCUT2D eigenvalue weighted by Crippen LogP contribution is 2.19. The van der Waals surface area contributed by atoms with Crippen LogP contribution in [0.1, 0.15) is 26.7 Å². The van der Waals surface area contributed by atoms with E-state index >= 15 is 0 Å². The summed E-state index contributed by atoms with van der Waals surface area (Å²) in [7, 11) is 0. The van der Waals surface area contributed by atoms with Gasteiger partial charge in [0.15, 0.2) is 0 Å². The summed E-state index contributed by atoms with van der Waals surface area (Å²) in [6, 6.07) is -0.660. The number of rotatable bonds is 7. The molecule has 0 aliphatic carbocycles. The van der Waals surface area contributed by atoms with Crippen molar-refractivity contribution in [2.75, 3.05) is 6.54 Å². The average molecular weight is 228 g/mol. The van der Waals surface area contributed by atoms with E-state index in [2.05, 4.69) is 11.9 Å². The van der Waals surface area contributed by atoms with Gasteiger partial charge in [-0.1, -0.05) is 13.0 Å². The molecule has 16 heavy (non-hydrogen) atoms. The minimum atomic E-state index is -0.941. The van der Waals surface area contributed by atoms with Crippen LogP contribution in [0, 0.1) is 5.41 Å². The number of aliphatic carboxylic acids is 1. The van der Waals surface area contributed by atoms with Crippen molar-refractivity contribution >= 4 is 11.9 Å². The first-order valence-corrected chi connectivity index (χ1v) is 5.25.